The molecule has 0 saturated heterocycles. The van der Waals surface area contributed by atoms with Crippen molar-refractivity contribution >= 4 is 22.4 Å². The van der Waals surface area contributed by atoms with Crippen LogP contribution in [-0.4, -0.2) is 29.5 Å². The van der Waals surface area contributed by atoms with Crippen LogP contribution in [0.15, 0.2) is 66.2 Å². The minimum Gasteiger partial charge on any atom is -0.380 e. The van der Waals surface area contributed by atoms with E-state index in [4.69, 9.17) is 5.26 Å². The van der Waals surface area contributed by atoms with Gasteiger partial charge in [-0.2, -0.15) is 5.26 Å². The second-order valence-corrected chi connectivity index (χ2v) is 8.45. The van der Waals surface area contributed by atoms with E-state index in [0.717, 1.165) is 41.4 Å². The van der Waals surface area contributed by atoms with Gasteiger partial charge < -0.3 is 16.0 Å². The summed E-state index contributed by atoms with van der Waals surface area (Å²) < 4.78 is 0. The average molecular weight is 428 g/mol. The summed E-state index contributed by atoms with van der Waals surface area (Å²) in [4.78, 5) is 16.8. The molecule has 1 aromatic heterocycles. The number of hydrogen-bond donors (Lipinski definition) is 3. The van der Waals surface area contributed by atoms with Crippen molar-refractivity contribution < 1.29 is 4.79 Å². The van der Waals surface area contributed by atoms with Gasteiger partial charge in [0.15, 0.2) is 0 Å². The first kappa shape index (κ1) is 21.6. The van der Waals surface area contributed by atoms with Crippen LogP contribution in [0, 0.1) is 11.3 Å². The van der Waals surface area contributed by atoms with E-state index in [1.807, 2.05) is 37.5 Å². The van der Waals surface area contributed by atoms with Crippen molar-refractivity contribution in [1.29, 1.82) is 5.26 Å². The first-order chi connectivity index (χ1) is 15.6. The fourth-order valence-corrected chi connectivity index (χ4v) is 4.23. The molecule has 164 valence electrons. The predicted octanol–water partition coefficient (Wildman–Crippen LogP) is 4.30. The molecule has 2 aromatic rings. The Morgan fingerprint density at radius 2 is 2.22 bits per heavy atom. The first-order valence-corrected chi connectivity index (χ1v) is 11.2. The number of anilines is 1. The zero-order valence-electron chi connectivity index (χ0n) is 18.6. The Morgan fingerprint density at radius 1 is 1.34 bits per heavy atom. The highest BCUT2D eigenvalue weighted by atomic mass is 16.2. The molecule has 0 spiro atoms. The highest BCUT2D eigenvalue weighted by Crippen LogP contribution is 2.33. The van der Waals surface area contributed by atoms with E-state index in [0.29, 0.717) is 12.1 Å². The molecule has 1 aliphatic carbocycles. The molecular weight excluding hydrogens is 398 g/mol. The highest BCUT2D eigenvalue weighted by Gasteiger charge is 2.22. The van der Waals surface area contributed by atoms with E-state index in [1.54, 1.807) is 0 Å². The number of hydrogen-bond acceptors (Lipinski definition) is 5. The number of aromatic nitrogens is 1. The van der Waals surface area contributed by atoms with Gasteiger partial charge in [0.1, 0.15) is 6.04 Å². The third-order valence-electron chi connectivity index (χ3n) is 6.19. The van der Waals surface area contributed by atoms with Crippen molar-refractivity contribution in [2.24, 2.45) is 0 Å². The lowest BCUT2D eigenvalue weighted by Gasteiger charge is -2.23. The summed E-state index contributed by atoms with van der Waals surface area (Å²) in [7, 11) is 0. The molecule has 3 N–H and O–H groups in total. The number of pyridine rings is 1. The van der Waals surface area contributed by atoms with E-state index in [-0.39, 0.29) is 23.9 Å². The second-order valence-electron chi connectivity index (χ2n) is 8.45. The molecule has 0 radical (unpaired) electrons. The van der Waals surface area contributed by atoms with Gasteiger partial charge in [0.05, 0.1) is 6.07 Å². The van der Waals surface area contributed by atoms with Gasteiger partial charge in [-0.1, -0.05) is 31.2 Å². The summed E-state index contributed by atoms with van der Waals surface area (Å²) in [6, 6.07) is 8.54. The number of nitrogens with zero attached hydrogens (tertiary/aromatic N) is 2. The maximum Gasteiger partial charge on any atom is 0.242 e. The average Bonchev–Trinajstić information content (AvgIpc) is 3.27. The zero-order chi connectivity index (χ0) is 22.5. The molecule has 0 saturated carbocycles. The number of rotatable bonds is 7. The van der Waals surface area contributed by atoms with Gasteiger partial charge in [0.2, 0.25) is 5.91 Å². The Morgan fingerprint density at radius 3 is 2.91 bits per heavy atom. The number of nitriles is 1. The van der Waals surface area contributed by atoms with Crippen LogP contribution >= 0.6 is 0 Å². The van der Waals surface area contributed by atoms with Gasteiger partial charge in [0, 0.05) is 53.2 Å². The van der Waals surface area contributed by atoms with Crippen LogP contribution in [-0.2, 0) is 4.79 Å². The van der Waals surface area contributed by atoms with E-state index >= 15 is 0 Å². The third kappa shape index (κ3) is 4.83. The lowest BCUT2D eigenvalue weighted by molar-refractivity contribution is -0.122. The monoisotopic (exact) mass is 427 g/mol. The normalized spacial score (nSPS) is 20.7. The van der Waals surface area contributed by atoms with Crippen LogP contribution in [0.4, 0.5) is 5.69 Å². The highest BCUT2D eigenvalue weighted by molar-refractivity contribution is 5.94. The Bertz CT molecular complexity index is 1140. The minimum absolute atomic E-state index is 0.0334. The minimum atomic E-state index is -0.176. The van der Waals surface area contributed by atoms with Gasteiger partial charge >= 0.3 is 0 Å². The van der Waals surface area contributed by atoms with Crippen LogP contribution < -0.4 is 16.0 Å². The fraction of sp³-hybridized carbons (Fsp3) is 0.346. The summed E-state index contributed by atoms with van der Waals surface area (Å²) in [6.07, 6.45) is 14.2. The van der Waals surface area contributed by atoms with Gasteiger partial charge in [-0.05, 0) is 55.3 Å². The molecule has 1 aromatic carbocycles. The molecule has 4 rings (SSSR count). The first-order valence-electron chi connectivity index (χ1n) is 11.2. The van der Waals surface area contributed by atoms with Crippen LogP contribution in [0.5, 0.6) is 0 Å². The summed E-state index contributed by atoms with van der Waals surface area (Å²) in [5.41, 5.74) is 3.99. The molecule has 2 heterocycles. The molecule has 1 aliphatic heterocycles. The van der Waals surface area contributed by atoms with Gasteiger partial charge in [-0.25, -0.2) is 0 Å². The maximum absolute atomic E-state index is 12.5. The summed E-state index contributed by atoms with van der Waals surface area (Å²) in [5.74, 6) is 0.264. The number of carbonyl (C=O) groups excluding carboxylic acids is 1. The van der Waals surface area contributed by atoms with Crippen molar-refractivity contribution in [3.05, 3.63) is 71.7 Å². The number of carbonyl (C=O) groups is 1. The van der Waals surface area contributed by atoms with Crippen LogP contribution in [0.2, 0.25) is 0 Å². The SMILES string of the molecule is CCC(CNC(=O)C1CC=C(C)N1)Nc1cc(C2C=CC(C#N)=CC2)cc2ccncc12. The third-order valence-corrected chi connectivity index (χ3v) is 6.19. The van der Waals surface area contributed by atoms with Crippen molar-refractivity contribution in [1.82, 2.24) is 15.6 Å². The summed E-state index contributed by atoms with van der Waals surface area (Å²) >= 11 is 0. The number of benzene rings is 1. The van der Waals surface area contributed by atoms with Gasteiger partial charge in [-0.15, -0.1) is 0 Å². The maximum atomic E-state index is 12.5. The Kier molecular flexibility index (Phi) is 6.55. The quantitative estimate of drug-likeness (QED) is 0.613. The smallest absolute Gasteiger partial charge is 0.242 e. The van der Waals surface area contributed by atoms with E-state index in [2.05, 4.69) is 58.2 Å². The number of nitrogens with one attached hydrogen (secondary N) is 3. The largest absolute Gasteiger partial charge is 0.380 e. The molecule has 32 heavy (non-hydrogen) atoms. The lowest BCUT2D eigenvalue weighted by Crippen LogP contribution is -2.44. The topological polar surface area (TPSA) is 89.8 Å². The van der Waals surface area contributed by atoms with Crippen molar-refractivity contribution in [3.8, 4) is 6.07 Å². The number of amides is 1. The molecule has 0 fully saturated rings. The van der Waals surface area contributed by atoms with Crippen LogP contribution in [0.3, 0.4) is 0 Å². The fourth-order valence-electron chi connectivity index (χ4n) is 4.23. The Hall–Kier alpha value is -3.59. The molecule has 0 bridgehead atoms. The molecule has 1 amide bonds. The van der Waals surface area contributed by atoms with Crippen LogP contribution in [0.25, 0.3) is 10.8 Å². The Labute approximate surface area is 189 Å². The standard InChI is InChI=1S/C26H29N5O/c1-3-22(15-29-26(32)24-9-4-17(2)30-24)31-25-13-21(12-20-10-11-28-16-23(20)25)19-7-5-18(14-27)6-8-19/h4-7,10-13,16,19,22,24,30-31H,3,8-9,15H2,1-2H3,(H,29,32). The second kappa shape index (κ2) is 9.69. The van der Waals surface area contributed by atoms with Crippen LogP contribution in [0.1, 0.15) is 44.6 Å². The molecule has 3 atom stereocenters. The Balaban J connectivity index is 1.51. The van der Waals surface area contributed by atoms with Gasteiger partial charge in [-0.3, -0.25) is 9.78 Å². The number of fused-ring (bicyclic) bond motifs is 1. The molecule has 6 nitrogen and oxygen atoms in total. The molecular formula is C26H29N5O. The van der Waals surface area contributed by atoms with Crippen molar-refractivity contribution in [3.63, 3.8) is 0 Å². The molecule has 2 aliphatic rings. The van der Waals surface area contributed by atoms with Gasteiger partial charge in [0.25, 0.3) is 0 Å². The zero-order valence-corrected chi connectivity index (χ0v) is 18.6. The van der Waals surface area contributed by atoms with E-state index in [1.165, 1.54) is 5.56 Å². The summed E-state index contributed by atoms with van der Waals surface area (Å²) in [6.45, 7) is 4.65. The molecule has 6 heteroatoms. The predicted molar refractivity (Wildman–Crippen MR) is 128 cm³/mol. The molecule has 3 unspecified atom stereocenters. The van der Waals surface area contributed by atoms with E-state index in [9.17, 15) is 4.79 Å². The van der Waals surface area contributed by atoms with Crippen molar-refractivity contribution in [2.45, 2.75) is 51.1 Å². The van der Waals surface area contributed by atoms with Crippen molar-refractivity contribution in [2.75, 3.05) is 11.9 Å². The number of allylic oxidation sites excluding steroid dienone is 5. The lowest BCUT2D eigenvalue weighted by atomic mass is 9.89. The summed E-state index contributed by atoms with van der Waals surface area (Å²) in [5, 5.41) is 21.2. The van der Waals surface area contributed by atoms with E-state index < -0.39 is 0 Å².